The van der Waals surface area contributed by atoms with E-state index in [2.05, 4.69) is 39.2 Å². The summed E-state index contributed by atoms with van der Waals surface area (Å²) in [5.74, 6) is 0. The maximum Gasteiger partial charge on any atom is 0.101 e. The third-order valence-corrected chi connectivity index (χ3v) is 4.26. The van der Waals surface area contributed by atoms with Gasteiger partial charge in [0.1, 0.15) is 5.03 Å². The lowest BCUT2D eigenvalue weighted by Gasteiger charge is -2.10. The summed E-state index contributed by atoms with van der Waals surface area (Å²) in [6.07, 6.45) is 1.80. The van der Waals surface area contributed by atoms with E-state index in [0.717, 1.165) is 32.5 Å². The largest absolute Gasteiger partial charge is 0.313 e. The third kappa shape index (κ3) is 4.49. The SMILES string of the molecule is CCNCc1ccc(Cl)cc1Sc1ccc(Br)cn1. The molecule has 5 heteroatoms. The highest BCUT2D eigenvalue weighted by Crippen LogP contribution is 2.31. The maximum absolute atomic E-state index is 6.08. The number of benzene rings is 1. The van der Waals surface area contributed by atoms with Crippen molar-refractivity contribution in [3.05, 3.63) is 51.6 Å². The summed E-state index contributed by atoms with van der Waals surface area (Å²) < 4.78 is 0.982. The van der Waals surface area contributed by atoms with E-state index in [1.54, 1.807) is 18.0 Å². The van der Waals surface area contributed by atoms with Gasteiger partial charge in [0.2, 0.25) is 0 Å². The Labute approximate surface area is 131 Å². The zero-order valence-electron chi connectivity index (χ0n) is 10.5. The van der Waals surface area contributed by atoms with Crippen LogP contribution in [0.25, 0.3) is 0 Å². The number of hydrogen-bond acceptors (Lipinski definition) is 3. The summed E-state index contributed by atoms with van der Waals surface area (Å²) in [6, 6.07) is 9.96. The van der Waals surface area contributed by atoms with E-state index < -0.39 is 0 Å². The van der Waals surface area contributed by atoms with Crippen molar-refractivity contribution >= 4 is 39.3 Å². The summed E-state index contributed by atoms with van der Waals surface area (Å²) in [6.45, 7) is 3.88. The Morgan fingerprint density at radius 2 is 2.16 bits per heavy atom. The number of nitrogens with one attached hydrogen (secondary N) is 1. The Bertz CT molecular complexity index is 546. The van der Waals surface area contributed by atoms with Gasteiger partial charge in [-0.2, -0.15) is 0 Å². The normalized spacial score (nSPS) is 10.7. The van der Waals surface area contributed by atoms with Crippen molar-refractivity contribution in [1.29, 1.82) is 0 Å². The van der Waals surface area contributed by atoms with Crippen LogP contribution >= 0.6 is 39.3 Å². The topological polar surface area (TPSA) is 24.9 Å². The summed E-state index contributed by atoms with van der Waals surface area (Å²) in [7, 11) is 0. The number of aromatic nitrogens is 1. The Hall–Kier alpha value is -0.550. The molecule has 0 saturated carbocycles. The minimum atomic E-state index is 0.750. The average Bonchev–Trinajstić information content (AvgIpc) is 2.40. The van der Waals surface area contributed by atoms with Gasteiger partial charge in [-0.15, -0.1) is 0 Å². The molecule has 100 valence electrons. The molecule has 1 aromatic heterocycles. The van der Waals surface area contributed by atoms with Gasteiger partial charge in [-0.25, -0.2) is 4.98 Å². The predicted octanol–water partition coefficient (Wildman–Crippen LogP) is 4.76. The van der Waals surface area contributed by atoms with Crippen molar-refractivity contribution in [3.63, 3.8) is 0 Å². The first-order chi connectivity index (χ1) is 9.19. The van der Waals surface area contributed by atoms with Gasteiger partial charge < -0.3 is 5.32 Å². The van der Waals surface area contributed by atoms with Crippen LogP contribution in [0.2, 0.25) is 5.02 Å². The molecule has 19 heavy (non-hydrogen) atoms. The molecule has 2 rings (SSSR count). The standard InChI is InChI=1S/C14H14BrClN2S/c1-2-17-8-10-3-5-12(16)7-13(10)19-14-6-4-11(15)9-18-14/h3-7,9,17H,2,8H2,1H3. The number of hydrogen-bond donors (Lipinski definition) is 1. The van der Waals surface area contributed by atoms with Gasteiger partial charge in [0, 0.05) is 27.1 Å². The highest BCUT2D eigenvalue weighted by Gasteiger charge is 2.06. The van der Waals surface area contributed by atoms with Crippen molar-refractivity contribution in [2.45, 2.75) is 23.4 Å². The molecule has 0 aliphatic rings. The van der Waals surface area contributed by atoms with Crippen molar-refractivity contribution in [3.8, 4) is 0 Å². The quantitative estimate of drug-likeness (QED) is 0.835. The van der Waals surface area contributed by atoms with Crippen LogP contribution in [0.3, 0.4) is 0 Å². The smallest absolute Gasteiger partial charge is 0.101 e. The van der Waals surface area contributed by atoms with Gasteiger partial charge in [0.25, 0.3) is 0 Å². The molecule has 1 N–H and O–H groups in total. The number of nitrogens with zero attached hydrogens (tertiary/aromatic N) is 1. The molecule has 2 aromatic rings. The van der Waals surface area contributed by atoms with E-state index in [4.69, 9.17) is 11.6 Å². The third-order valence-electron chi connectivity index (χ3n) is 2.51. The fraction of sp³-hybridized carbons (Fsp3) is 0.214. The van der Waals surface area contributed by atoms with Gasteiger partial charge in [0.05, 0.1) is 0 Å². The molecule has 2 nitrogen and oxygen atoms in total. The van der Waals surface area contributed by atoms with Crippen LogP contribution in [-0.2, 0) is 6.54 Å². The van der Waals surface area contributed by atoms with Crippen molar-refractivity contribution in [1.82, 2.24) is 10.3 Å². The van der Waals surface area contributed by atoms with Crippen LogP contribution in [-0.4, -0.2) is 11.5 Å². The second kappa shape index (κ2) is 7.29. The Morgan fingerprint density at radius 1 is 1.32 bits per heavy atom. The molecule has 0 fully saturated rings. The predicted molar refractivity (Wildman–Crippen MR) is 84.9 cm³/mol. The molecule has 0 amide bonds. The van der Waals surface area contributed by atoms with E-state index in [0.29, 0.717) is 0 Å². The van der Waals surface area contributed by atoms with Crippen LogP contribution in [0.1, 0.15) is 12.5 Å². The fourth-order valence-corrected chi connectivity index (χ4v) is 2.96. The molecule has 0 aliphatic heterocycles. The van der Waals surface area contributed by atoms with Crippen LogP contribution in [0.15, 0.2) is 50.9 Å². The highest BCUT2D eigenvalue weighted by molar-refractivity contribution is 9.10. The van der Waals surface area contributed by atoms with Crippen LogP contribution in [0, 0.1) is 0 Å². The first kappa shape index (κ1) is 14.9. The Kier molecular flexibility index (Phi) is 5.70. The van der Waals surface area contributed by atoms with Crippen LogP contribution < -0.4 is 5.32 Å². The average molecular weight is 358 g/mol. The summed E-state index contributed by atoms with van der Waals surface area (Å²) in [5, 5.41) is 5.05. The number of rotatable bonds is 5. The zero-order valence-corrected chi connectivity index (χ0v) is 13.6. The molecule has 0 bridgehead atoms. The van der Waals surface area contributed by atoms with Crippen LogP contribution in [0.5, 0.6) is 0 Å². The Morgan fingerprint density at radius 3 is 2.84 bits per heavy atom. The fourth-order valence-electron chi connectivity index (χ4n) is 1.56. The van der Waals surface area contributed by atoms with Gasteiger partial charge in [0.15, 0.2) is 0 Å². The lowest BCUT2D eigenvalue weighted by Crippen LogP contribution is -2.12. The maximum atomic E-state index is 6.08. The number of halogens is 2. The monoisotopic (exact) mass is 356 g/mol. The van der Waals surface area contributed by atoms with Crippen molar-refractivity contribution in [2.75, 3.05) is 6.54 Å². The van der Waals surface area contributed by atoms with E-state index in [1.807, 2.05) is 24.3 Å². The summed E-state index contributed by atoms with van der Waals surface area (Å²) in [5.41, 5.74) is 1.24. The molecule has 0 saturated heterocycles. The minimum absolute atomic E-state index is 0.750. The lowest BCUT2D eigenvalue weighted by atomic mass is 10.2. The van der Waals surface area contributed by atoms with Crippen molar-refractivity contribution in [2.24, 2.45) is 0 Å². The van der Waals surface area contributed by atoms with E-state index in [-0.39, 0.29) is 0 Å². The number of pyridine rings is 1. The van der Waals surface area contributed by atoms with E-state index in [1.165, 1.54) is 5.56 Å². The van der Waals surface area contributed by atoms with Gasteiger partial charge in [-0.3, -0.25) is 0 Å². The van der Waals surface area contributed by atoms with Gasteiger partial charge in [-0.1, -0.05) is 36.4 Å². The highest BCUT2D eigenvalue weighted by atomic mass is 79.9. The summed E-state index contributed by atoms with van der Waals surface area (Å²) in [4.78, 5) is 5.52. The molecule has 0 aliphatic carbocycles. The van der Waals surface area contributed by atoms with E-state index >= 15 is 0 Å². The molecule has 0 radical (unpaired) electrons. The van der Waals surface area contributed by atoms with Gasteiger partial charge in [-0.05, 0) is 52.3 Å². The second-order valence-corrected chi connectivity index (χ2v) is 6.36. The molecule has 0 spiro atoms. The Balaban J connectivity index is 2.22. The summed E-state index contributed by atoms with van der Waals surface area (Å²) >= 11 is 11.1. The molecule has 1 aromatic carbocycles. The zero-order chi connectivity index (χ0) is 13.7. The molecular formula is C14H14BrClN2S. The first-order valence-electron chi connectivity index (χ1n) is 5.97. The second-order valence-electron chi connectivity index (χ2n) is 3.95. The first-order valence-corrected chi connectivity index (χ1v) is 7.96. The van der Waals surface area contributed by atoms with Gasteiger partial charge >= 0.3 is 0 Å². The van der Waals surface area contributed by atoms with E-state index in [9.17, 15) is 0 Å². The molecule has 0 atom stereocenters. The lowest BCUT2D eigenvalue weighted by molar-refractivity contribution is 0.718. The van der Waals surface area contributed by atoms with Crippen LogP contribution in [0.4, 0.5) is 0 Å². The molecule has 1 heterocycles. The van der Waals surface area contributed by atoms with Crippen molar-refractivity contribution < 1.29 is 0 Å². The minimum Gasteiger partial charge on any atom is -0.313 e. The molecule has 0 unspecified atom stereocenters. The molecular weight excluding hydrogens is 344 g/mol.